The summed E-state index contributed by atoms with van der Waals surface area (Å²) >= 11 is 0. The van der Waals surface area contributed by atoms with Crippen LogP contribution in [0, 0.1) is 23.0 Å². The quantitative estimate of drug-likeness (QED) is 0.657. The topological polar surface area (TPSA) is 92.5 Å². The van der Waals surface area contributed by atoms with E-state index in [0.717, 1.165) is 25.7 Å². The normalized spacial score (nSPS) is 21.8. The Morgan fingerprint density at radius 3 is 2.76 bits per heavy atom. The maximum absolute atomic E-state index is 12.1. The van der Waals surface area contributed by atoms with Gasteiger partial charge in [0.05, 0.1) is 11.0 Å². The van der Waals surface area contributed by atoms with Crippen molar-refractivity contribution in [1.29, 1.82) is 0 Å². The van der Waals surface area contributed by atoms with Gasteiger partial charge in [-0.25, -0.2) is 0 Å². The van der Waals surface area contributed by atoms with Crippen LogP contribution in [0.4, 0.5) is 5.69 Å². The lowest BCUT2D eigenvalue weighted by molar-refractivity contribution is -0.384. The fourth-order valence-electron chi connectivity index (χ4n) is 2.75. The van der Waals surface area contributed by atoms with Crippen LogP contribution in [0.25, 0.3) is 0 Å². The molecule has 0 bridgehead atoms. The molecule has 21 heavy (non-hydrogen) atoms. The molecule has 0 saturated heterocycles. The fourth-order valence-corrected chi connectivity index (χ4v) is 2.75. The van der Waals surface area contributed by atoms with E-state index in [-0.39, 0.29) is 29.2 Å². The number of carbonyl (C=O) groups is 1. The number of nitro groups is 1. The van der Waals surface area contributed by atoms with Crippen LogP contribution in [0.5, 0.6) is 0 Å². The van der Waals surface area contributed by atoms with Gasteiger partial charge in [-0.2, -0.15) is 0 Å². The molecular weight excluding hydrogens is 272 g/mol. The van der Waals surface area contributed by atoms with Crippen LogP contribution < -0.4 is 5.32 Å². The van der Waals surface area contributed by atoms with Crippen molar-refractivity contribution in [2.45, 2.75) is 38.7 Å². The summed E-state index contributed by atoms with van der Waals surface area (Å²) in [6.45, 7) is 2.12. The maximum atomic E-state index is 12.1. The van der Waals surface area contributed by atoms with Gasteiger partial charge in [-0.1, -0.05) is 12.8 Å². The Morgan fingerprint density at radius 2 is 2.10 bits per heavy atom. The number of nitrogens with zero attached hydrogens (tertiary/aromatic N) is 1. The molecule has 1 fully saturated rings. The minimum atomic E-state index is -0.505. The minimum Gasteiger partial charge on any atom is -0.393 e. The van der Waals surface area contributed by atoms with Crippen LogP contribution in [0.3, 0.4) is 0 Å². The van der Waals surface area contributed by atoms with Crippen molar-refractivity contribution in [3.8, 4) is 0 Å². The zero-order chi connectivity index (χ0) is 15.4. The highest BCUT2D eigenvalue weighted by Gasteiger charge is 2.23. The molecule has 1 aliphatic carbocycles. The molecule has 0 aliphatic heterocycles. The van der Waals surface area contributed by atoms with E-state index in [1.165, 1.54) is 12.1 Å². The van der Waals surface area contributed by atoms with Gasteiger partial charge in [0.1, 0.15) is 0 Å². The minimum absolute atomic E-state index is 0.0718. The third-order valence-electron chi connectivity index (χ3n) is 3.93. The Morgan fingerprint density at radius 1 is 1.38 bits per heavy atom. The van der Waals surface area contributed by atoms with Crippen molar-refractivity contribution < 1.29 is 14.8 Å². The first-order valence-corrected chi connectivity index (χ1v) is 7.19. The van der Waals surface area contributed by atoms with Gasteiger partial charge in [0.2, 0.25) is 0 Å². The second kappa shape index (κ2) is 6.67. The summed E-state index contributed by atoms with van der Waals surface area (Å²) in [7, 11) is 0. The second-order valence-corrected chi connectivity index (χ2v) is 5.64. The number of rotatable bonds is 4. The highest BCUT2D eigenvalue weighted by atomic mass is 16.6. The Bertz CT molecular complexity index is 544. The van der Waals surface area contributed by atoms with Crippen LogP contribution in [0.1, 0.15) is 41.6 Å². The van der Waals surface area contributed by atoms with Crippen molar-refractivity contribution in [2.75, 3.05) is 6.54 Å². The molecule has 2 N–H and O–H groups in total. The van der Waals surface area contributed by atoms with Gasteiger partial charge in [-0.15, -0.1) is 0 Å². The number of hydrogen-bond donors (Lipinski definition) is 2. The summed E-state index contributed by atoms with van der Waals surface area (Å²) in [5.41, 5.74) is 0.872. The Labute approximate surface area is 123 Å². The molecule has 1 amide bonds. The van der Waals surface area contributed by atoms with Crippen molar-refractivity contribution in [3.05, 3.63) is 39.4 Å². The summed E-state index contributed by atoms with van der Waals surface area (Å²) in [5, 5.41) is 23.5. The summed E-state index contributed by atoms with van der Waals surface area (Å²) < 4.78 is 0. The highest BCUT2D eigenvalue weighted by Crippen LogP contribution is 2.24. The van der Waals surface area contributed by atoms with E-state index in [1.807, 2.05) is 0 Å². The largest absolute Gasteiger partial charge is 0.393 e. The molecule has 2 atom stereocenters. The average molecular weight is 292 g/mol. The van der Waals surface area contributed by atoms with Crippen LogP contribution in [0.15, 0.2) is 18.2 Å². The average Bonchev–Trinajstić information content (AvgIpc) is 2.45. The number of aliphatic hydroxyl groups excluding tert-OH is 1. The number of hydrogen-bond acceptors (Lipinski definition) is 4. The molecule has 0 heterocycles. The van der Waals surface area contributed by atoms with Crippen molar-refractivity contribution in [1.82, 2.24) is 5.32 Å². The first-order valence-electron chi connectivity index (χ1n) is 7.19. The van der Waals surface area contributed by atoms with Crippen LogP contribution in [0.2, 0.25) is 0 Å². The number of benzene rings is 1. The van der Waals surface area contributed by atoms with Crippen LogP contribution in [-0.2, 0) is 0 Å². The fraction of sp³-hybridized carbons (Fsp3) is 0.533. The van der Waals surface area contributed by atoms with E-state index in [4.69, 9.17) is 0 Å². The zero-order valence-corrected chi connectivity index (χ0v) is 12.0. The predicted molar refractivity (Wildman–Crippen MR) is 78.1 cm³/mol. The molecule has 0 radical (unpaired) electrons. The number of aliphatic hydroxyl groups is 1. The summed E-state index contributed by atoms with van der Waals surface area (Å²) in [6.07, 6.45) is 3.39. The number of nitrogens with one attached hydrogen (secondary N) is 1. The lowest BCUT2D eigenvalue weighted by atomic mass is 9.86. The van der Waals surface area contributed by atoms with Crippen LogP contribution >= 0.6 is 0 Å². The smallest absolute Gasteiger partial charge is 0.270 e. The first kappa shape index (κ1) is 15.4. The third-order valence-corrected chi connectivity index (χ3v) is 3.93. The summed E-state index contributed by atoms with van der Waals surface area (Å²) in [6, 6.07) is 4.33. The third kappa shape index (κ3) is 4.01. The SMILES string of the molecule is Cc1cc(C(=O)NCC2CCCCC2O)cc([N+](=O)[O-])c1. The van der Waals surface area contributed by atoms with E-state index in [2.05, 4.69) is 5.32 Å². The molecule has 1 aromatic rings. The van der Waals surface area contributed by atoms with E-state index in [9.17, 15) is 20.0 Å². The second-order valence-electron chi connectivity index (χ2n) is 5.64. The van der Waals surface area contributed by atoms with E-state index in [0.29, 0.717) is 12.1 Å². The molecule has 6 nitrogen and oxygen atoms in total. The van der Waals surface area contributed by atoms with Gasteiger partial charge < -0.3 is 10.4 Å². The number of non-ortho nitro benzene ring substituents is 1. The molecule has 2 unspecified atom stereocenters. The predicted octanol–water partition coefficient (Wildman–Crippen LogP) is 2.18. The molecule has 1 aromatic carbocycles. The van der Waals surface area contributed by atoms with Crippen molar-refractivity contribution in [2.24, 2.45) is 5.92 Å². The van der Waals surface area contributed by atoms with Crippen molar-refractivity contribution >= 4 is 11.6 Å². The van der Waals surface area contributed by atoms with E-state index < -0.39 is 4.92 Å². The first-order chi connectivity index (χ1) is 9.97. The Balaban J connectivity index is 2.01. The lowest BCUT2D eigenvalue weighted by Gasteiger charge is -2.27. The maximum Gasteiger partial charge on any atom is 0.270 e. The number of amides is 1. The molecule has 0 spiro atoms. The number of carbonyl (C=O) groups excluding carboxylic acids is 1. The molecule has 114 valence electrons. The lowest BCUT2D eigenvalue weighted by Crippen LogP contribution is -2.36. The van der Waals surface area contributed by atoms with E-state index >= 15 is 0 Å². The Hall–Kier alpha value is -1.95. The van der Waals surface area contributed by atoms with Gasteiger partial charge in [-0.05, 0) is 31.4 Å². The van der Waals surface area contributed by atoms with Gasteiger partial charge in [-0.3, -0.25) is 14.9 Å². The Kier molecular flexibility index (Phi) is 4.90. The molecule has 1 saturated carbocycles. The monoisotopic (exact) mass is 292 g/mol. The molecule has 1 aliphatic rings. The van der Waals surface area contributed by atoms with Gasteiger partial charge >= 0.3 is 0 Å². The van der Waals surface area contributed by atoms with Crippen molar-refractivity contribution in [3.63, 3.8) is 0 Å². The molecular formula is C15H20N2O4. The zero-order valence-electron chi connectivity index (χ0n) is 12.0. The van der Waals surface area contributed by atoms with Gasteiger partial charge in [0.25, 0.3) is 11.6 Å². The summed E-state index contributed by atoms with van der Waals surface area (Å²) in [4.78, 5) is 22.4. The van der Waals surface area contributed by atoms with Gasteiger partial charge in [0, 0.05) is 30.2 Å². The van der Waals surface area contributed by atoms with Crippen LogP contribution in [-0.4, -0.2) is 28.6 Å². The van der Waals surface area contributed by atoms with Gasteiger partial charge in [0.15, 0.2) is 0 Å². The number of aryl methyl sites for hydroxylation is 1. The molecule has 6 heteroatoms. The standard InChI is InChI=1S/C15H20N2O4/c1-10-6-12(8-13(7-10)17(20)21)15(19)16-9-11-4-2-3-5-14(11)18/h6-8,11,14,18H,2-5,9H2,1H3,(H,16,19). The molecule has 2 rings (SSSR count). The van der Waals surface area contributed by atoms with E-state index in [1.54, 1.807) is 13.0 Å². The number of nitro benzene ring substituents is 1. The molecule has 0 aromatic heterocycles. The highest BCUT2D eigenvalue weighted by molar-refractivity contribution is 5.95. The summed E-state index contributed by atoms with van der Waals surface area (Å²) in [5.74, 6) is -0.262.